The molecule has 1 amide bonds. The van der Waals surface area contributed by atoms with Crippen molar-refractivity contribution in [3.8, 4) is 0 Å². The van der Waals surface area contributed by atoms with Gasteiger partial charge in [-0.3, -0.25) is 4.79 Å². The molecular weight excluding hydrogens is 200 g/mol. The molecule has 0 saturated carbocycles. The Morgan fingerprint density at radius 3 is 2.57 bits per heavy atom. The van der Waals surface area contributed by atoms with Crippen LogP contribution in [0.1, 0.15) is 27.2 Å². The average molecular weight is 221 g/mol. The summed E-state index contributed by atoms with van der Waals surface area (Å²) in [4.78, 5) is 13.5. The molecule has 0 aliphatic carbocycles. The van der Waals surface area contributed by atoms with E-state index in [4.69, 9.17) is 0 Å². The summed E-state index contributed by atoms with van der Waals surface area (Å²) in [6, 6.07) is 0.0266. The predicted octanol–water partition coefficient (Wildman–Crippen LogP) is 1.27. The van der Waals surface area contributed by atoms with Crippen molar-refractivity contribution in [2.24, 2.45) is 5.41 Å². The third-order valence-corrected chi connectivity index (χ3v) is 2.33. The molecule has 1 saturated heterocycles. The molecular formula is C10H21ClN2O. The molecule has 1 N–H and O–H groups in total. The third-order valence-electron chi connectivity index (χ3n) is 2.33. The van der Waals surface area contributed by atoms with Gasteiger partial charge in [-0.2, -0.15) is 0 Å². The van der Waals surface area contributed by atoms with E-state index in [2.05, 4.69) is 26.1 Å². The molecule has 14 heavy (non-hydrogen) atoms. The fourth-order valence-corrected chi connectivity index (χ4v) is 1.64. The number of piperazine rings is 1. The highest BCUT2D eigenvalue weighted by Gasteiger charge is 2.29. The smallest absolute Gasteiger partial charge is 0.239 e. The highest BCUT2D eigenvalue weighted by molar-refractivity contribution is 5.85. The van der Waals surface area contributed by atoms with Crippen molar-refractivity contribution in [2.75, 3.05) is 20.1 Å². The normalized spacial score (nSPS) is 23.3. The Labute approximate surface area is 92.6 Å². The van der Waals surface area contributed by atoms with Crippen LogP contribution in [0.3, 0.4) is 0 Å². The predicted molar refractivity (Wildman–Crippen MR) is 60.7 cm³/mol. The Morgan fingerprint density at radius 2 is 2.07 bits per heavy atom. The van der Waals surface area contributed by atoms with E-state index in [0.717, 1.165) is 19.5 Å². The van der Waals surface area contributed by atoms with Crippen LogP contribution >= 0.6 is 12.4 Å². The number of carbonyl (C=O) groups is 1. The Hall–Kier alpha value is -0.280. The molecule has 1 aliphatic heterocycles. The number of nitrogens with zero attached hydrogens (tertiary/aromatic N) is 1. The first-order chi connectivity index (χ1) is 5.90. The summed E-state index contributed by atoms with van der Waals surface area (Å²) >= 11 is 0. The molecule has 0 aromatic carbocycles. The SMILES string of the molecule is CN1CCNC(CC(C)(C)C)C1=O.Cl. The maximum absolute atomic E-state index is 11.7. The lowest BCUT2D eigenvalue weighted by atomic mass is 9.87. The standard InChI is InChI=1S/C10H20N2O.ClH/c1-10(2,3)7-8-9(13)12(4)6-5-11-8;/h8,11H,5-7H2,1-4H3;1H. The van der Waals surface area contributed by atoms with E-state index in [0.29, 0.717) is 0 Å². The first kappa shape index (κ1) is 13.7. The van der Waals surface area contributed by atoms with Crippen molar-refractivity contribution in [3.05, 3.63) is 0 Å². The first-order valence-corrected chi connectivity index (χ1v) is 4.88. The maximum Gasteiger partial charge on any atom is 0.239 e. The molecule has 1 rings (SSSR count). The lowest BCUT2D eigenvalue weighted by molar-refractivity contribution is -0.135. The molecule has 4 heteroatoms. The van der Waals surface area contributed by atoms with Crippen molar-refractivity contribution >= 4 is 18.3 Å². The van der Waals surface area contributed by atoms with Gasteiger partial charge in [-0.15, -0.1) is 12.4 Å². The van der Waals surface area contributed by atoms with Gasteiger partial charge in [0.2, 0.25) is 5.91 Å². The van der Waals surface area contributed by atoms with Crippen LogP contribution in [0.4, 0.5) is 0 Å². The lowest BCUT2D eigenvalue weighted by Crippen LogP contribution is -2.54. The number of carbonyl (C=O) groups excluding carboxylic acids is 1. The van der Waals surface area contributed by atoms with Crippen LogP contribution in [0, 0.1) is 5.41 Å². The van der Waals surface area contributed by atoms with Crippen molar-refractivity contribution in [1.82, 2.24) is 10.2 Å². The molecule has 1 heterocycles. The molecule has 0 bridgehead atoms. The summed E-state index contributed by atoms with van der Waals surface area (Å²) in [5.41, 5.74) is 0.214. The Morgan fingerprint density at radius 1 is 1.50 bits per heavy atom. The fourth-order valence-electron chi connectivity index (χ4n) is 1.64. The van der Waals surface area contributed by atoms with Crippen LogP contribution in [0.5, 0.6) is 0 Å². The highest BCUT2D eigenvalue weighted by Crippen LogP contribution is 2.22. The molecule has 0 spiro atoms. The Bertz CT molecular complexity index is 201. The lowest BCUT2D eigenvalue weighted by Gasteiger charge is -2.33. The average Bonchev–Trinajstić information content (AvgIpc) is 1.96. The van der Waals surface area contributed by atoms with Gasteiger partial charge in [0.1, 0.15) is 0 Å². The number of rotatable bonds is 1. The summed E-state index contributed by atoms with van der Waals surface area (Å²) in [6.07, 6.45) is 0.913. The molecule has 0 radical (unpaired) electrons. The summed E-state index contributed by atoms with van der Waals surface area (Å²) in [5.74, 6) is 0.237. The second-order valence-electron chi connectivity index (χ2n) is 5.03. The first-order valence-electron chi connectivity index (χ1n) is 4.88. The van der Waals surface area contributed by atoms with E-state index >= 15 is 0 Å². The number of likely N-dealkylation sites (N-methyl/N-ethyl adjacent to an activating group) is 1. The van der Waals surface area contributed by atoms with E-state index in [-0.39, 0.29) is 29.8 Å². The van der Waals surface area contributed by atoms with Gasteiger partial charge < -0.3 is 10.2 Å². The van der Waals surface area contributed by atoms with Crippen molar-refractivity contribution < 1.29 is 4.79 Å². The van der Waals surface area contributed by atoms with Gasteiger partial charge in [0, 0.05) is 20.1 Å². The van der Waals surface area contributed by atoms with Gasteiger partial charge in [0.05, 0.1) is 6.04 Å². The van der Waals surface area contributed by atoms with Crippen LogP contribution in [0.25, 0.3) is 0 Å². The second-order valence-corrected chi connectivity index (χ2v) is 5.03. The summed E-state index contributed by atoms with van der Waals surface area (Å²) in [6.45, 7) is 8.24. The van der Waals surface area contributed by atoms with E-state index in [9.17, 15) is 4.79 Å². The summed E-state index contributed by atoms with van der Waals surface area (Å²) in [5, 5.41) is 3.26. The Kier molecular flexibility index (Phi) is 4.89. The van der Waals surface area contributed by atoms with E-state index < -0.39 is 0 Å². The van der Waals surface area contributed by atoms with Crippen LogP contribution in [-0.4, -0.2) is 37.0 Å². The van der Waals surface area contributed by atoms with Gasteiger partial charge in [-0.25, -0.2) is 0 Å². The minimum absolute atomic E-state index is 0. The number of hydrogen-bond acceptors (Lipinski definition) is 2. The number of hydrogen-bond donors (Lipinski definition) is 1. The van der Waals surface area contributed by atoms with Crippen LogP contribution in [0.2, 0.25) is 0 Å². The van der Waals surface area contributed by atoms with E-state index in [1.807, 2.05) is 11.9 Å². The monoisotopic (exact) mass is 220 g/mol. The molecule has 3 nitrogen and oxygen atoms in total. The quantitative estimate of drug-likeness (QED) is 0.722. The van der Waals surface area contributed by atoms with Crippen LogP contribution in [-0.2, 0) is 4.79 Å². The van der Waals surface area contributed by atoms with Gasteiger partial charge in [-0.1, -0.05) is 20.8 Å². The fraction of sp³-hybridized carbons (Fsp3) is 0.900. The van der Waals surface area contributed by atoms with E-state index in [1.54, 1.807) is 0 Å². The molecule has 1 aliphatic rings. The minimum Gasteiger partial charge on any atom is -0.343 e. The van der Waals surface area contributed by atoms with Gasteiger partial charge in [0.15, 0.2) is 0 Å². The van der Waals surface area contributed by atoms with Gasteiger partial charge >= 0.3 is 0 Å². The zero-order chi connectivity index (χ0) is 10.1. The zero-order valence-corrected chi connectivity index (χ0v) is 10.3. The molecule has 1 unspecified atom stereocenters. The highest BCUT2D eigenvalue weighted by atomic mass is 35.5. The molecule has 1 fully saturated rings. The molecule has 1 atom stereocenters. The van der Waals surface area contributed by atoms with Crippen molar-refractivity contribution in [2.45, 2.75) is 33.2 Å². The second kappa shape index (κ2) is 4.99. The summed E-state index contributed by atoms with van der Waals surface area (Å²) in [7, 11) is 1.87. The topological polar surface area (TPSA) is 32.3 Å². The summed E-state index contributed by atoms with van der Waals surface area (Å²) < 4.78 is 0. The molecule has 0 aromatic rings. The van der Waals surface area contributed by atoms with Crippen LogP contribution in [0.15, 0.2) is 0 Å². The van der Waals surface area contributed by atoms with E-state index in [1.165, 1.54) is 0 Å². The molecule has 84 valence electrons. The zero-order valence-electron chi connectivity index (χ0n) is 9.46. The van der Waals surface area contributed by atoms with Gasteiger partial charge in [-0.05, 0) is 11.8 Å². The molecule has 0 aromatic heterocycles. The minimum atomic E-state index is 0. The largest absolute Gasteiger partial charge is 0.343 e. The van der Waals surface area contributed by atoms with Crippen LogP contribution < -0.4 is 5.32 Å². The number of nitrogens with one attached hydrogen (secondary N) is 1. The van der Waals surface area contributed by atoms with Crippen molar-refractivity contribution in [3.63, 3.8) is 0 Å². The number of halogens is 1. The third kappa shape index (κ3) is 3.84. The maximum atomic E-state index is 11.7. The Balaban J connectivity index is 0.00000169. The number of amides is 1. The van der Waals surface area contributed by atoms with Gasteiger partial charge in [0.25, 0.3) is 0 Å². The van der Waals surface area contributed by atoms with Crippen molar-refractivity contribution in [1.29, 1.82) is 0 Å².